The zero-order chi connectivity index (χ0) is 15.0. The molecule has 3 rings (SSSR count). The summed E-state index contributed by atoms with van der Waals surface area (Å²) in [6, 6.07) is 5.96. The van der Waals surface area contributed by atoms with Gasteiger partial charge in [0.05, 0.1) is 17.1 Å². The Labute approximate surface area is 138 Å². The van der Waals surface area contributed by atoms with E-state index in [1.165, 1.54) is 0 Å². The fourth-order valence-corrected chi connectivity index (χ4v) is 4.09. The largest absolute Gasteiger partial charge is 0.369 e. The molecule has 4 nitrogen and oxygen atoms in total. The molecule has 1 fully saturated rings. The van der Waals surface area contributed by atoms with Crippen LogP contribution in [0.3, 0.4) is 0 Å². The van der Waals surface area contributed by atoms with Crippen molar-refractivity contribution >= 4 is 39.2 Å². The second-order valence-corrected chi connectivity index (χ2v) is 7.03. The average Bonchev–Trinajstić information content (AvgIpc) is 2.80. The van der Waals surface area contributed by atoms with E-state index in [-0.39, 0.29) is 5.54 Å². The molecule has 2 atom stereocenters. The first-order valence-electron chi connectivity index (χ1n) is 7.34. The Morgan fingerprint density at radius 3 is 3.10 bits per heavy atom. The summed E-state index contributed by atoms with van der Waals surface area (Å²) in [7, 11) is 0. The zero-order valence-electron chi connectivity index (χ0n) is 12.1. The van der Waals surface area contributed by atoms with Crippen molar-refractivity contribution in [2.24, 2.45) is 16.6 Å². The summed E-state index contributed by atoms with van der Waals surface area (Å²) in [4.78, 5) is 6.79. The minimum absolute atomic E-state index is 0.00263. The Bertz CT molecular complexity index is 577. The number of rotatable bonds is 2. The van der Waals surface area contributed by atoms with Crippen molar-refractivity contribution in [3.8, 4) is 0 Å². The van der Waals surface area contributed by atoms with E-state index in [9.17, 15) is 0 Å². The second kappa shape index (κ2) is 5.78. The van der Waals surface area contributed by atoms with Gasteiger partial charge in [0.15, 0.2) is 5.96 Å². The lowest BCUT2D eigenvalue weighted by molar-refractivity contribution is 0.217. The predicted molar refractivity (Wildman–Crippen MR) is 92.1 cm³/mol. The van der Waals surface area contributed by atoms with Gasteiger partial charge in [-0.25, -0.2) is 0 Å². The maximum atomic E-state index is 6.23. The van der Waals surface area contributed by atoms with Gasteiger partial charge in [0.25, 0.3) is 0 Å². The molecule has 0 radical (unpaired) electrons. The first kappa shape index (κ1) is 15.1. The quantitative estimate of drug-likeness (QED) is 0.840. The first-order valence-corrected chi connectivity index (χ1v) is 8.51. The average molecular weight is 372 g/mol. The third-order valence-corrected chi connectivity index (χ3v) is 5.94. The summed E-state index contributed by atoms with van der Waals surface area (Å²) in [5.41, 5.74) is 7.29. The van der Waals surface area contributed by atoms with Crippen molar-refractivity contribution in [1.29, 1.82) is 0 Å². The van der Waals surface area contributed by atoms with Crippen LogP contribution in [0.25, 0.3) is 0 Å². The molecule has 0 saturated carbocycles. The molecule has 114 valence electrons. The minimum Gasteiger partial charge on any atom is -0.369 e. The van der Waals surface area contributed by atoms with Crippen LogP contribution in [0.2, 0.25) is 5.02 Å². The van der Waals surface area contributed by atoms with E-state index < -0.39 is 0 Å². The number of nitrogens with zero attached hydrogens (tertiary/aromatic N) is 2. The van der Waals surface area contributed by atoms with Gasteiger partial charge in [-0.05, 0) is 59.4 Å². The standard InChI is InChI=1S/C15H20BrClN4/c1-2-10-8-19-6-5-15(10)9-20-14(18)21(15)11-3-4-13(17)12(16)7-11/h3-4,7,10,19H,2,5-6,8-9H2,1H3,(H2,18,20). The number of benzene rings is 1. The van der Waals surface area contributed by atoms with Gasteiger partial charge in [0, 0.05) is 16.7 Å². The molecular weight excluding hydrogens is 352 g/mol. The summed E-state index contributed by atoms with van der Waals surface area (Å²) in [5.74, 6) is 1.15. The van der Waals surface area contributed by atoms with E-state index in [1.54, 1.807) is 0 Å². The number of guanidine groups is 1. The number of anilines is 1. The van der Waals surface area contributed by atoms with Crippen LogP contribution in [-0.2, 0) is 0 Å². The topological polar surface area (TPSA) is 53.6 Å². The zero-order valence-corrected chi connectivity index (χ0v) is 14.4. The number of hydrogen-bond donors (Lipinski definition) is 2. The van der Waals surface area contributed by atoms with Crippen LogP contribution >= 0.6 is 27.5 Å². The van der Waals surface area contributed by atoms with E-state index in [1.807, 2.05) is 18.2 Å². The van der Waals surface area contributed by atoms with Gasteiger partial charge in [-0.1, -0.05) is 18.5 Å². The Kier molecular flexibility index (Phi) is 4.17. The van der Waals surface area contributed by atoms with Crippen LogP contribution in [0.5, 0.6) is 0 Å². The van der Waals surface area contributed by atoms with E-state index in [4.69, 9.17) is 17.3 Å². The Morgan fingerprint density at radius 1 is 1.57 bits per heavy atom. The monoisotopic (exact) mass is 370 g/mol. The number of piperidine rings is 1. The fraction of sp³-hybridized carbons (Fsp3) is 0.533. The lowest BCUT2D eigenvalue weighted by atomic mass is 9.76. The Hall–Kier alpha value is -0.780. The van der Waals surface area contributed by atoms with Crippen molar-refractivity contribution in [3.05, 3.63) is 27.7 Å². The fourth-order valence-electron chi connectivity index (χ4n) is 3.60. The lowest BCUT2D eigenvalue weighted by Gasteiger charge is -2.47. The van der Waals surface area contributed by atoms with Gasteiger partial charge in [-0.15, -0.1) is 0 Å². The van der Waals surface area contributed by atoms with Crippen LogP contribution in [0.1, 0.15) is 19.8 Å². The molecule has 0 bridgehead atoms. The molecule has 6 heteroatoms. The molecule has 0 aliphatic carbocycles. The number of nitrogens with two attached hydrogens (primary N) is 1. The van der Waals surface area contributed by atoms with Gasteiger partial charge in [0.1, 0.15) is 0 Å². The predicted octanol–water partition coefficient (Wildman–Crippen LogP) is 3.00. The summed E-state index contributed by atoms with van der Waals surface area (Å²) >= 11 is 9.63. The summed E-state index contributed by atoms with van der Waals surface area (Å²) in [6.45, 7) is 5.04. The highest BCUT2D eigenvalue weighted by atomic mass is 79.9. The maximum absolute atomic E-state index is 6.23. The van der Waals surface area contributed by atoms with E-state index in [2.05, 4.69) is 38.1 Å². The van der Waals surface area contributed by atoms with Gasteiger partial charge in [0.2, 0.25) is 0 Å². The number of nitrogens with one attached hydrogen (secondary N) is 1. The Balaban J connectivity index is 2.04. The molecule has 0 aromatic heterocycles. The summed E-state index contributed by atoms with van der Waals surface area (Å²) in [5, 5.41) is 4.20. The van der Waals surface area contributed by atoms with Crippen molar-refractivity contribution in [3.63, 3.8) is 0 Å². The summed E-state index contributed by atoms with van der Waals surface area (Å²) < 4.78 is 0.887. The third-order valence-electron chi connectivity index (χ3n) is 4.73. The third kappa shape index (κ3) is 2.45. The normalized spacial score (nSPS) is 29.0. The van der Waals surface area contributed by atoms with Crippen molar-refractivity contribution in [2.45, 2.75) is 25.3 Å². The molecule has 2 aliphatic rings. The molecule has 1 saturated heterocycles. The van der Waals surface area contributed by atoms with Crippen LogP contribution in [0.4, 0.5) is 5.69 Å². The molecule has 2 heterocycles. The highest BCUT2D eigenvalue weighted by Gasteiger charge is 2.49. The number of hydrogen-bond acceptors (Lipinski definition) is 4. The smallest absolute Gasteiger partial charge is 0.196 e. The van der Waals surface area contributed by atoms with E-state index >= 15 is 0 Å². The Morgan fingerprint density at radius 2 is 2.38 bits per heavy atom. The van der Waals surface area contributed by atoms with Gasteiger partial charge in [-0.3, -0.25) is 4.99 Å². The highest BCUT2D eigenvalue weighted by molar-refractivity contribution is 9.10. The second-order valence-electron chi connectivity index (χ2n) is 5.77. The molecule has 3 N–H and O–H groups in total. The van der Waals surface area contributed by atoms with Crippen molar-refractivity contribution < 1.29 is 0 Å². The molecular formula is C15H20BrClN4. The maximum Gasteiger partial charge on any atom is 0.196 e. The molecule has 2 aliphatic heterocycles. The van der Waals surface area contributed by atoms with Crippen LogP contribution in [-0.4, -0.2) is 31.1 Å². The van der Waals surface area contributed by atoms with Gasteiger partial charge < -0.3 is 16.0 Å². The van der Waals surface area contributed by atoms with Crippen molar-refractivity contribution in [2.75, 3.05) is 24.5 Å². The minimum atomic E-state index is -0.00263. The SMILES string of the molecule is CCC1CNCCC12CN=C(N)N2c1ccc(Cl)c(Br)c1. The number of halogens is 2. The van der Waals surface area contributed by atoms with Crippen molar-refractivity contribution in [1.82, 2.24) is 5.32 Å². The van der Waals surface area contributed by atoms with Crippen LogP contribution < -0.4 is 16.0 Å². The lowest BCUT2D eigenvalue weighted by Crippen LogP contribution is -2.62. The molecule has 1 spiro atoms. The highest BCUT2D eigenvalue weighted by Crippen LogP contribution is 2.41. The molecule has 2 unspecified atom stereocenters. The summed E-state index contributed by atoms with van der Waals surface area (Å²) in [6.07, 6.45) is 2.16. The molecule has 1 aromatic carbocycles. The molecule has 21 heavy (non-hydrogen) atoms. The van der Waals surface area contributed by atoms with Crippen LogP contribution in [0.15, 0.2) is 27.7 Å². The van der Waals surface area contributed by atoms with Crippen LogP contribution in [0, 0.1) is 5.92 Å². The molecule has 1 aromatic rings. The van der Waals surface area contributed by atoms with Gasteiger partial charge >= 0.3 is 0 Å². The first-order chi connectivity index (χ1) is 10.1. The van der Waals surface area contributed by atoms with Gasteiger partial charge in [-0.2, -0.15) is 0 Å². The van der Waals surface area contributed by atoms with E-state index in [0.717, 1.165) is 42.6 Å². The molecule has 0 amide bonds. The van der Waals surface area contributed by atoms with E-state index in [0.29, 0.717) is 16.9 Å². The number of aliphatic imine (C=N–C) groups is 1.